The number of carbonyl (C=O) groups is 3. The van der Waals surface area contributed by atoms with Crippen molar-refractivity contribution in [1.29, 1.82) is 0 Å². The van der Waals surface area contributed by atoms with Crippen molar-refractivity contribution < 1.29 is 24.0 Å². The molecule has 414 valence electrons. The van der Waals surface area contributed by atoms with Crippen LogP contribution in [0, 0.1) is 0 Å². The highest BCUT2D eigenvalue weighted by molar-refractivity contribution is 8.03. The highest BCUT2D eigenvalue weighted by Crippen LogP contribution is 2.47. The Labute approximate surface area is 499 Å². The van der Waals surface area contributed by atoms with Crippen molar-refractivity contribution in [1.82, 2.24) is 20.2 Å². The summed E-state index contributed by atoms with van der Waals surface area (Å²) >= 11 is 9.80. The van der Waals surface area contributed by atoms with Crippen LogP contribution in [0.2, 0.25) is 4.34 Å². The number of nitrogen functional groups attached to an aromatic ring is 1. The van der Waals surface area contributed by atoms with Gasteiger partial charge < -0.3 is 25.9 Å². The molecule has 8 aromatic carbocycles. The van der Waals surface area contributed by atoms with Crippen molar-refractivity contribution in [3.05, 3.63) is 326 Å². The number of nitrogens with zero attached hydrogens (tertiary/aromatic N) is 4. The summed E-state index contributed by atoms with van der Waals surface area (Å²) in [6, 6.07) is 79.7. The second-order valence-electron chi connectivity index (χ2n) is 20.1. The van der Waals surface area contributed by atoms with E-state index in [0.717, 1.165) is 55.8 Å². The van der Waals surface area contributed by atoms with Gasteiger partial charge in [0, 0.05) is 27.8 Å². The number of halogens is 1. The Bertz CT molecular complexity index is 3770. The summed E-state index contributed by atoms with van der Waals surface area (Å²) in [5.74, 6) is -1.78. The van der Waals surface area contributed by atoms with Gasteiger partial charge in [0.15, 0.2) is 16.9 Å². The fraction of sp³-hybridized carbons (Fsp3) is 0.101. The molecule has 0 bridgehead atoms. The van der Waals surface area contributed by atoms with E-state index in [4.69, 9.17) is 37.0 Å². The predicted molar refractivity (Wildman–Crippen MR) is 331 cm³/mol. The number of nitrogens with one attached hydrogen (secondary N) is 2. The van der Waals surface area contributed by atoms with Gasteiger partial charge in [0.1, 0.15) is 33.1 Å². The monoisotopic (exact) mass is 1160 g/mol. The molecule has 2 aliphatic heterocycles. The fourth-order valence-corrected chi connectivity index (χ4v) is 13.3. The van der Waals surface area contributed by atoms with E-state index in [1.165, 1.54) is 16.7 Å². The average molecular weight is 1160 g/mol. The minimum Gasteiger partial charge on any atom is -0.448 e. The first-order valence-corrected chi connectivity index (χ1v) is 29.3. The van der Waals surface area contributed by atoms with Crippen LogP contribution >= 0.6 is 34.7 Å². The van der Waals surface area contributed by atoms with Crippen LogP contribution < -0.4 is 16.4 Å². The molecule has 4 N–H and O–H groups in total. The third-order valence-corrected chi connectivity index (χ3v) is 17.5. The Morgan fingerprint density at radius 2 is 1.10 bits per heavy atom. The number of aromatic nitrogens is 2. The maximum Gasteiger partial charge on any atom is 0.356 e. The Balaban J connectivity index is 0.955. The lowest BCUT2D eigenvalue weighted by atomic mass is 9.77. The molecule has 2 atom stereocenters. The van der Waals surface area contributed by atoms with Gasteiger partial charge in [-0.15, -0.1) is 0 Å². The van der Waals surface area contributed by atoms with E-state index >= 15 is 14.4 Å². The van der Waals surface area contributed by atoms with Crippen molar-refractivity contribution in [2.24, 2.45) is 5.16 Å². The van der Waals surface area contributed by atoms with Crippen LogP contribution in [0.4, 0.5) is 10.9 Å². The molecule has 0 radical (unpaired) electrons. The van der Waals surface area contributed by atoms with Gasteiger partial charge in [0.05, 0.1) is 10.9 Å². The number of benzene rings is 8. The van der Waals surface area contributed by atoms with Crippen molar-refractivity contribution in [3.63, 3.8) is 0 Å². The maximum absolute atomic E-state index is 15.7. The number of fused-ring (bicyclic) bond motifs is 1. The number of amides is 2. The van der Waals surface area contributed by atoms with Crippen molar-refractivity contribution in [2.45, 2.75) is 47.1 Å². The molecule has 0 unspecified atom stereocenters. The van der Waals surface area contributed by atoms with Gasteiger partial charge in [-0.2, -0.15) is 0 Å². The standard InChI is InChI=1S/C69H54ClN7O5S2/c70-62-58(74-67(84-62)75-68(48-30-13-3-14-31-48,49-32-15-4-16-33-49)50-34-17-5-18-35-50)59(76-82-69(51-36-19-6-20-37-51,52-38-21-7-22-39-52)53-40-23-8-24-41-53)64(78)73-57-54-43-44-55(83-56-42-25-45-72-63(56)71)60(77(54)65(57)79)66(80)81-61(46-26-9-1-10-27-46)47-28-11-2-12-29-47/h1-42,45,54,57,61H,43-44H2,(H2,71,72)(H,73,78)(H,74,75)/b76-59-/t54-,57+/m1/s1. The normalized spacial score (nSPS) is 15.2. The van der Waals surface area contributed by atoms with Gasteiger partial charge in [0.2, 0.25) is 5.60 Å². The highest BCUT2D eigenvalue weighted by Gasteiger charge is 2.55. The number of thiazole rings is 1. The summed E-state index contributed by atoms with van der Waals surface area (Å²) in [5, 5.41) is 12.1. The topological polar surface area (TPSA) is 161 Å². The molecule has 2 aliphatic rings. The maximum atomic E-state index is 15.7. The molecule has 12 rings (SSSR count). The largest absolute Gasteiger partial charge is 0.448 e. The molecule has 84 heavy (non-hydrogen) atoms. The van der Waals surface area contributed by atoms with Crippen molar-refractivity contribution >= 4 is 69.1 Å². The molecule has 1 fully saturated rings. The predicted octanol–water partition coefficient (Wildman–Crippen LogP) is 13.7. The number of allylic oxidation sites excluding steroid dienone is 1. The molecule has 2 amide bonds. The highest BCUT2D eigenvalue weighted by atomic mass is 35.5. The van der Waals surface area contributed by atoms with E-state index in [1.807, 2.05) is 212 Å². The number of anilines is 2. The van der Waals surface area contributed by atoms with E-state index < -0.39 is 47.1 Å². The molecule has 0 spiro atoms. The number of hydrogen-bond donors (Lipinski definition) is 3. The average Bonchev–Trinajstić information content (AvgIpc) is 4.01. The molecule has 0 saturated carbocycles. The van der Waals surface area contributed by atoms with Gasteiger partial charge in [-0.1, -0.05) is 283 Å². The zero-order valence-corrected chi connectivity index (χ0v) is 47.5. The van der Waals surface area contributed by atoms with Crippen LogP contribution in [0.5, 0.6) is 0 Å². The van der Waals surface area contributed by atoms with Crippen LogP contribution in [-0.4, -0.2) is 50.4 Å². The van der Waals surface area contributed by atoms with Gasteiger partial charge in [-0.3, -0.25) is 14.5 Å². The third kappa shape index (κ3) is 10.7. The molecule has 4 heterocycles. The summed E-state index contributed by atoms with van der Waals surface area (Å²) in [7, 11) is 0. The van der Waals surface area contributed by atoms with Crippen molar-refractivity contribution in [2.75, 3.05) is 11.1 Å². The first-order chi connectivity index (χ1) is 41.2. The smallest absolute Gasteiger partial charge is 0.356 e. The van der Waals surface area contributed by atoms with Gasteiger partial charge in [0.25, 0.3) is 11.8 Å². The van der Waals surface area contributed by atoms with Crippen molar-refractivity contribution in [3.8, 4) is 0 Å². The molecule has 0 aliphatic carbocycles. The Kier molecular flexibility index (Phi) is 16.0. The number of pyridine rings is 1. The lowest BCUT2D eigenvalue weighted by molar-refractivity contribution is -0.158. The van der Waals surface area contributed by atoms with Gasteiger partial charge in [-0.25, -0.2) is 14.8 Å². The summed E-state index contributed by atoms with van der Waals surface area (Å²) in [5.41, 5.74) is 10.1. The number of oxime groups is 1. The molecule has 15 heteroatoms. The number of thioether (sulfide) groups is 1. The molecule has 1 saturated heterocycles. The minimum absolute atomic E-state index is 0.00452. The summed E-state index contributed by atoms with van der Waals surface area (Å²) in [6.07, 6.45) is 1.48. The van der Waals surface area contributed by atoms with E-state index in [1.54, 1.807) is 12.3 Å². The zero-order chi connectivity index (χ0) is 57.5. The van der Waals surface area contributed by atoms with Crippen LogP contribution in [0.25, 0.3) is 0 Å². The second kappa shape index (κ2) is 24.5. The quantitative estimate of drug-likeness (QED) is 0.0234. The van der Waals surface area contributed by atoms with Crippen LogP contribution in [0.3, 0.4) is 0 Å². The van der Waals surface area contributed by atoms with Crippen LogP contribution in [-0.2, 0) is 35.1 Å². The number of β-lactam (4-membered cyclic amide) rings is 1. The Morgan fingerprint density at radius 3 is 1.56 bits per heavy atom. The molecule has 10 aromatic rings. The molecule has 2 aromatic heterocycles. The summed E-state index contributed by atoms with van der Waals surface area (Å²) in [6.45, 7) is 0. The van der Waals surface area contributed by atoms with E-state index in [-0.39, 0.29) is 27.3 Å². The van der Waals surface area contributed by atoms with E-state index in [9.17, 15) is 0 Å². The van der Waals surface area contributed by atoms with E-state index in [2.05, 4.69) is 52.0 Å². The second-order valence-corrected chi connectivity index (χ2v) is 22.8. The number of hydrogen-bond acceptors (Lipinski definition) is 12. The van der Waals surface area contributed by atoms with Gasteiger partial charge >= 0.3 is 5.97 Å². The Morgan fingerprint density at radius 1 is 0.643 bits per heavy atom. The van der Waals surface area contributed by atoms with Crippen LogP contribution in [0.1, 0.15) is 69.1 Å². The zero-order valence-electron chi connectivity index (χ0n) is 45.1. The minimum atomic E-state index is -1.43. The number of carbonyl (C=O) groups excluding carboxylic acids is 3. The molecule has 12 nitrogen and oxygen atoms in total. The first kappa shape index (κ1) is 55.0. The van der Waals surface area contributed by atoms with Gasteiger partial charge in [-0.05, 0) is 52.8 Å². The van der Waals surface area contributed by atoms with Crippen LogP contribution in [0.15, 0.2) is 282 Å². The first-order valence-electron chi connectivity index (χ1n) is 27.3. The molecular weight excluding hydrogens is 1110 g/mol. The molecular formula is C69H54ClN7O5S2. The number of esters is 1. The number of nitrogens with two attached hydrogens (primary N) is 1. The lowest BCUT2D eigenvalue weighted by Gasteiger charge is -2.50. The number of rotatable bonds is 19. The number of ether oxygens (including phenoxy) is 1. The summed E-state index contributed by atoms with van der Waals surface area (Å²) < 4.78 is 6.60. The SMILES string of the molecule is Nc1ncccc1SC1=C(C(=O)OC(c2ccccc2)c2ccccc2)N2C(=O)[C@@H](NC(=O)/C(=N\OC(c3ccccc3)(c3ccccc3)c3ccccc3)c3nc(NC(c4ccccc4)(c4ccccc4)c4ccccc4)sc3Cl)[C@H]2CC1. The third-order valence-electron chi connectivity index (χ3n) is 15.1. The fourth-order valence-electron chi connectivity index (χ4n) is 11.1. The summed E-state index contributed by atoms with van der Waals surface area (Å²) in [4.78, 5) is 64.9. The van der Waals surface area contributed by atoms with E-state index in [0.29, 0.717) is 27.8 Å². The Hall–Kier alpha value is -9.60. The lowest BCUT2D eigenvalue weighted by Crippen LogP contribution is -2.72.